The number of pyridine rings is 2. The van der Waals surface area contributed by atoms with Crippen molar-refractivity contribution in [2.45, 2.75) is 64.7 Å². The Hall–Kier alpha value is -5.20. The number of carbonyl (C=O) groups is 1. The molecule has 0 N–H and O–H groups in total. The zero-order valence-electron chi connectivity index (χ0n) is 26.5. The summed E-state index contributed by atoms with van der Waals surface area (Å²) in [6.07, 6.45) is 2.75. The van der Waals surface area contributed by atoms with Crippen molar-refractivity contribution in [3.05, 3.63) is 88.1 Å². The normalized spacial score (nSPS) is 20.4. The van der Waals surface area contributed by atoms with E-state index >= 15 is 8.78 Å². The number of amides is 1. The van der Waals surface area contributed by atoms with E-state index in [9.17, 15) is 9.59 Å². The number of aliphatic imine (C=N–C) groups is 1. The van der Waals surface area contributed by atoms with Crippen LogP contribution in [0.1, 0.15) is 50.4 Å². The van der Waals surface area contributed by atoms with Gasteiger partial charge < -0.3 is 9.80 Å². The molecule has 4 aromatic rings. The van der Waals surface area contributed by atoms with Gasteiger partial charge in [0.25, 0.3) is 0 Å². The Labute approximate surface area is 269 Å². The number of aromatic nitrogens is 4. The SMILES string of the molecule is C=CC(=O)N1C(C)CN(c2nc(=O)n3c4nc(c(F)cc24)-c2c(F)cccc2CC2N=NC(=N2)Cc2ccnc(C(C)C)c2-3)CC1C. The Kier molecular flexibility index (Phi) is 7.48. The number of benzene rings is 1. The van der Waals surface area contributed by atoms with Gasteiger partial charge in [-0.2, -0.15) is 10.1 Å². The van der Waals surface area contributed by atoms with E-state index in [1.807, 2.05) is 32.6 Å². The summed E-state index contributed by atoms with van der Waals surface area (Å²) >= 11 is 0. The number of fused-ring (bicyclic) bond motifs is 6. The summed E-state index contributed by atoms with van der Waals surface area (Å²) in [7, 11) is 0. The Morgan fingerprint density at radius 2 is 1.83 bits per heavy atom. The van der Waals surface area contributed by atoms with Crippen molar-refractivity contribution >= 4 is 28.6 Å². The van der Waals surface area contributed by atoms with E-state index in [0.29, 0.717) is 41.4 Å². The molecule has 0 spiro atoms. The van der Waals surface area contributed by atoms with Crippen LogP contribution < -0.4 is 10.6 Å². The number of carbonyl (C=O) groups excluding carboxylic acids is 1. The van der Waals surface area contributed by atoms with Gasteiger partial charge >= 0.3 is 5.69 Å². The number of piperazine rings is 1. The largest absolute Gasteiger partial charge is 0.355 e. The van der Waals surface area contributed by atoms with Crippen LogP contribution in [-0.4, -0.2) is 67.5 Å². The van der Waals surface area contributed by atoms with Crippen LogP contribution in [0.2, 0.25) is 0 Å². The molecule has 0 saturated carbocycles. The highest BCUT2D eigenvalue weighted by Crippen LogP contribution is 2.36. The summed E-state index contributed by atoms with van der Waals surface area (Å²) in [4.78, 5) is 49.2. The highest BCUT2D eigenvalue weighted by molar-refractivity contribution is 5.92. The van der Waals surface area contributed by atoms with Crippen LogP contribution >= 0.6 is 0 Å². The Morgan fingerprint density at radius 3 is 2.55 bits per heavy atom. The maximum absolute atomic E-state index is 16.4. The monoisotopic (exact) mass is 637 g/mol. The molecule has 47 heavy (non-hydrogen) atoms. The second kappa shape index (κ2) is 11.6. The quantitative estimate of drug-likeness (QED) is 0.287. The molecule has 1 saturated heterocycles. The van der Waals surface area contributed by atoms with Crippen LogP contribution in [0, 0.1) is 11.6 Å². The van der Waals surface area contributed by atoms with Crippen molar-refractivity contribution in [1.82, 2.24) is 24.4 Å². The third kappa shape index (κ3) is 5.09. The highest BCUT2D eigenvalue weighted by atomic mass is 19.1. The zero-order chi connectivity index (χ0) is 33.1. The number of hydrogen-bond acceptors (Lipinski definition) is 9. The highest BCUT2D eigenvalue weighted by Gasteiger charge is 2.35. The summed E-state index contributed by atoms with van der Waals surface area (Å²) in [6, 6.07) is 7.04. The first-order valence-electron chi connectivity index (χ1n) is 15.6. The number of anilines is 1. The lowest BCUT2D eigenvalue weighted by Crippen LogP contribution is -2.58. The Balaban J connectivity index is 1.56. The van der Waals surface area contributed by atoms with Crippen LogP contribution in [0.15, 0.2) is 69.2 Å². The van der Waals surface area contributed by atoms with Crippen LogP contribution in [0.25, 0.3) is 28.0 Å². The van der Waals surface area contributed by atoms with Gasteiger partial charge in [-0.1, -0.05) is 32.6 Å². The average Bonchev–Trinajstić information content (AvgIpc) is 3.47. The molecule has 3 aliphatic rings. The van der Waals surface area contributed by atoms with Crippen molar-refractivity contribution in [2.75, 3.05) is 18.0 Å². The van der Waals surface area contributed by atoms with Gasteiger partial charge in [-0.05, 0) is 55.2 Å². The van der Waals surface area contributed by atoms with Gasteiger partial charge in [-0.25, -0.2) is 28.1 Å². The topological polar surface area (TPSA) is 121 Å². The fourth-order valence-corrected chi connectivity index (χ4v) is 6.99. The van der Waals surface area contributed by atoms with E-state index in [0.717, 1.165) is 0 Å². The molecule has 1 fully saturated rings. The number of nitrogens with zero attached hydrogens (tertiary/aromatic N) is 9. The molecule has 1 aromatic carbocycles. The van der Waals surface area contributed by atoms with E-state index in [-0.39, 0.29) is 64.9 Å². The van der Waals surface area contributed by atoms with E-state index in [1.165, 1.54) is 22.8 Å². The number of amidine groups is 1. The molecule has 0 radical (unpaired) electrons. The third-order valence-corrected chi connectivity index (χ3v) is 8.95. The molecule has 3 aromatic heterocycles. The minimum Gasteiger partial charge on any atom is -0.352 e. The maximum Gasteiger partial charge on any atom is 0.355 e. The van der Waals surface area contributed by atoms with Gasteiger partial charge in [0.15, 0.2) is 17.6 Å². The van der Waals surface area contributed by atoms with Crippen molar-refractivity contribution in [2.24, 2.45) is 15.2 Å². The summed E-state index contributed by atoms with van der Waals surface area (Å²) < 4.78 is 33.5. The average molecular weight is 638 g/mol. The fraction of sp³-hybridized carbons (Fsp3) is 0.353. The summed E-state index contributed by atoms with van der Waals surface area (Å²) in [6.45, 7) is 12.0. The third-order valence-electron chi connectivity index (χ3n) is 8.95. The van der Waals surface area contributed by atoms with Gasteiger partial charge in [-0.3, -0.25) is 9.78 Å². The Morgan fingerprint density at radius 1 is 1.06 bits per heavy atom. The van der Waals surface area contributed by atoms with Crippen molar-refractivity contribution < 1.29 is 13.6 Å². The minimum atomic E-state index is -0.777. The van der Waals surface area contributed by atoms with E-state index < -0.39 is 23.5 Å². The van der Waals surface area contributed by atoms with Gasteiger partial charge in [0.2, 0.25) is 5.91 Å². The number of azo groups is 1. The van der Waals surface area contributed by atoms with Crippen LogP contribution in [0.4, 0.5) is 14.6 Å². The second-order valence-electron chi connectivity index (χ2n) is 12.6. The summed E-state index contributed by atoms with van der Waals surface area (Å²) in [5, 5.41) is 8.89. The van der Waals surface area contributed by atoms with Gasteiger partial charge in [0.1, 0.15) is 23.1 Å². The van der Waals surface area contributed by atoms with Crippen LogP contribution in [0.5, 0.6) is 0 Å². The van der Waals surface area contributed by atoms with Gasteiger partial charge in [0.05, 0.1) is 16.8 Å². The number of halogens is 2. The van der Waals surface area contributed by atoms with Crippen LogP contribution in [0.3, 0.4) is 0 Å². The second-order valence-corrected chi connectivity index (χ2v) is 12.6. The molecule has 11 nitrogen and oxygen atoms in total. The van der Waals surface area contributed by atoms with E-state index in [1.54, 1.807) is 29.3 Å². The molecule has 3 unspecified atom stereocenters. The van der Waals surface area contributed by atoms with Crippen molar-refractivity contribution in [3.8, 4) is 16.9 Å². The number of hydrogen-bond donors (Lipinski definition) is 0. The summed E-state index contributed by atoms with van der Waals surface area (Å²) in [5.41, 5.74) is 1.37. The zero-order valence-corrected chi connectivity index (χ0v) is 26.5. The lowest BCUT2D eigenvalue weighted by atomic mass is 9.98. The fourth-order valence-electron chi connectivity index (χ4n) is 6.99. The predicted molar refractivity (Wildman–Crippen MR) is 174 cm³/mol. The van der Waals surface area contributed by atoms with E-state index in [2.05, 4.69) is 31.8 Å². The summed E-state index contributed by atoms with van der Waals surface area (Å²) in [5.74, 6) is -1.09. The molecule has 4 bridgehead atoms. The van der Waals surface area contributed by atoms with Gasteiger partial charge in [-0.15, -0.1) is 5.11 Å². The molecule has 3 aliphatic heterocycles. The molecule has 3 atom stereocenters. The molecular formula is C34H33F2N9O2. The van der Waals surface area contributed by atoms with Crippen molar-refractivity contribution in [3.63, 3.8) is 0 Å². The molecule has 7 rings (SSSR count). The minimum absolute atomic E-state index is 0.0309. The molecule has 240 valence electrons. The van der Waals surface area contributed by atoms with Crippen LogP contribution in [-0.2, 0) is 17.6 Å². The first-order valence-corrected chi connectivity index (χ1v) is 15.6. The lowest BCUT2D eigenvalue weighted by Gasteiger charge is -2.44. The van der Waals surface area contributed by atoms with Gasteiger partial charge in [0, 0.05) is 49.8 Å². The predicted octanol–water partition coefficient (Wildman–Crippen LogP) is 5.14. The molecule has 6 heterocycles. The Bertz CT molecular complexity index is 2080. The molecule has 0 aliphatic carbocycles. The van der Waals surface area contributed by atoms with Crippen molar-refractivity contribution in [1.29, 1.82) is 0 Å². The maximum atomic E-state index is 16.4. The van der Waals surface area contributed by atoms with E-state index in [4.69, 9.17) is 4.98 Å². The smallest absolute Gasteiger partial charge is 0.352 e. The molecular weight excluding hydrogens is 604 g/mol. The lowest BCUT2D eigenvalue weighted by molar-refractivity contribution is -0.130. The molecule has 13 heteroatoms. The first-order chi connectivity index (χ1) is 22.5. The number of rotatable bonds is 3. The standard InChI is InChI=1S/C34H33F2N9O2/c1-6-27(46)44-18(4)15-43(16-19(44)5)32-22-14-24(36)30-28-20(8-7-9-23(28)35)12-25-38-26(42-41-25)13-21-10-11-37-29(17(2)3)31(21)45(33(22)39-30)34(47)40-32/h6-11,14,17-19,25H,1,12-13,15-16H2,2-5H3. The molecule has 1 amide bonds. The first kappa shape index (κ1) is 30.5.